The van der Waals surface area contributed by atoms with E-state index in [0.717, 1.165) is 46.1 Å². The van der Waals surface area contributed by atoms with Gasteiger partial charge in [0, 0.05) is 35.1 Å². The summed E-state index contributed by atoms with van der Waals surface area (Å²) in [5.41, 5.74) is 7.87. The maximum absolute atomic E-state index is 4.74. The highest BCUT2D eigenvalue weighted by atomic mass is 15.2. The van der Waals surface area contributed by atoms with E-state index in [1.54, 1.807) is 0 Å². The largest absolute Gasteiger partial charge is 0.256 e. The Hall–Kier alpha value is -3.27. The zero-order valence-electron chi connectivity index (χ0n) is 14.6. The number of nitrogens with zero attached hydrogens (tertiary/aromatic N) is 4. The van der Waals surface area contributed by atoms with Gasteiger partial charge >= 0.3 is 0 Å². The number of allylic oxidation sites excluding steroid dienone is 4. The van der Waals surface area contributed by atoms with E-state index >= 15 is 0 Å². The van der Waals surface area contributed by atoms with E-state index < -0.39 is 0 Å². The molecule has 126 valence electrons. The Kier molecular flexibility index (Phi) is 3.42. The number of pyridine rings is 1. The first-order valence-corrected chi connectivity index (χ1v) is 8.84. The summed E-state index contributed by atoms with van der Waals surface area (Å²) in [5, 5.41) is 5.68. The molecule has 26 heavy (non-hydrogen) atoms. The molecule has 0 fully saturated rings. The van der Waals surface area contributed by atoms with Crippen LogP contribution in [0.15, 0.2) is 72.8 Å². The summed E-state index contributed by atoms with van der Waals surface area (Å²) in [6.45, 7) is 2.17. The maximum atomic E-state index is 4.74. The van der Waals surface area contributed by atoms with Crippen molar-refractivity contribution in [3.8, 4) is 11.1 Å². The van der Waals surface area contributed by atoms with E-state index in [1.807, 2.05) is 47.4 Å². The van der Waals surface area contributed by atoms with Crippen LogP contribution in [0.25, 0.3) is 33.3 Å². The number of hydrogen-bond acceptors (Lipinski definition) is 3. The van der Waals surface area contributed by atoms with Gasteiger partial charge in [0.1, 0.15) is 0 Å². The summed E-state index contributed by atoms with van der Waals surface area (Å²) in [4.78, 5) is 9.19. The molecule has 0 radical (unpaired) electrons. The van der Waals surface area contributed by atoms with Gasteiger partial charge in [-0.2, -0.15) is 5.10 Å². The molecule has 1 aliphatic rings. The van der Waals surface area contributed by atoms with Crippen molar-refractivity contribution >= 4 is 22.1 Å². The molecular formula is C22H18N4. The van der Waals surface area contributed by atoms with Crippen LogP contribution in [-0.2, 0) is 0 Å². The minimum atomic E-state index is 0.869. The summed E-state index contributed by atoms with van der Waals surface area (Å²) >= 11 is 0. The van der Waals surface area contributed by atoms with Crippen LogP contribution in [0.4, 0.5) is 0 Å². The molecule has 0 N–H and O–H groups in total. The van der Waals surface area contributed by atoms with Gasteiger partial charge in [-0.3, -0.25) is 4.98 Å². The lowest BCUT2D eigenvalue weighted by Gasteiger charge is -2.12. The fourth-order valence-electron chi connectivity index (χ4n) is 3.54. The molecule has 0 saturated heterocycles. The molecule has 4 aromatic rings. The van der Waals surface area contributed by atoms with Crippen LogP contribution in [0.2, 0.25) is 0 Å². The molecule has 0 spiro atoms. The normalized spacial score (nSPS) is 14.5. The van der Waals surface area contributed by atoms with Crippen molar-refractivity contribution in [1.29, 1.82) is 0 Å². The Balaban J connectivity index is 1.64. The second-order valence-corrected chi connectivity index (χ2v) is 6.75. The molecule has 0 aliphatic heterocycles. The van der Waals surface area contributed by atoms with E-state index in [-0.39, 0.29) is 0 Å². The smallest absolute Gasteiger partial charge is 0.162 e. The number of rotatable bonds is 2. The lowest BCUT2D eigenvalue weighted by atomic mass is 9.96. The van der Waals surface area contributed by atoms with Crippen LogP contribution >= 0.6 is 0 Å². The first kappa shape index (κ1) is 15.0. The molecular weight excluding hydrogens is 320 g/mol. The first-order chi connectivity index (χ1) is 12.8. The third-order valence-electron chi connectivity index (χ3n) is 5.02. The Labute approximate surface area is 151 Å². The van der Waals surface area contributed by atoms with Crippen molar-refractivity contribution in [2.24, 2.45) is 0 Å². The third-order valence-corrected chi connectivity index (χ3v) is 5.02. The van der Waals surface area contributed by atoms with Crippen LogP contribution in [0.5, 0.6) is 0 Å². The molecule has 0 bridgehead atoms. The number of fused-ring (bicyclic) bond motifs is 2. The van der Waals surface area contributed by atoms with Crippen LogP contribution in [0.3, 0.4) is 0 Å². The zero-order valence-corrected chi connectivity index (χ0v) is 14.6. The van der Waals surface area contributed by atoms with E-state index in [4.69, 9.17) is 4.98 Å². The van der Waals surface area contributed by atoms with Crippen molar-refractivity contribution < 1.29 is 0 Å². The minimum Gasteiger partial charge on any atom is -0.256 e. The van der Waals surface area contributed by atoms with Crippen LogP contribution in [-0.4, -0.2) is 19.6 Å². The van der Waals surface area contributed by atoms with Gasteiger partial charge in [0.25, 0.3) is 0 Å². The predicted molar refractivity (Wildman–Crippen MR) is 105 cm³/mol. The molecule has 3 aromatic heterocycles. The first-order valence-electron chi connectivity index (χ1n) is 8.84. The molecule has 3 heterocycles. The van der Waals surface area contributed by atoms with Gasteiger partial charge in [0.15, 0.2) is 5.65 Å². The summed E-state index contributed by atoms with van der Waals surface area (Å²) in [5.74, 6) is 0. The number of hydrogen-bond donors (Lipinski definition) is 0. The quantitative estimate of drug-likeness (QED) is 0.512. The Morgan fingerprint density at radius 3 is 2.73 bits per heavy atom. The van der Waals surface area contributed by atoms with Crippen molar-refractivity contribution in [2.75, 3.05) is 0 Å². The third kappa shape index (κ3) is 2.42. The van der Waals surface area contributed by atoms with Gasteiger partial charge in [-0.15, -0.1) is 0 Å². The highest BCUT2D eigenvalue weighted by Gasteiger charge is 2.13. The average molecular weight is 338 g/mol. The Morgan fingerprint density at radius 2 is 1.85 bits per heavy atom. The Bertz CT molecular complexity index is 1190. The zero-order chi connectivity index (χ0) is 17.5. The molecule has 1 aliphatic carbocycles. The minimum absolute atomic E-state index is 0.869. The molecule has 4 nitrogen and oxygen atoms in total. The van der Waals surface area contributed by atoms with E-state index in [9.17, 15) is 0 Å². The van der Waals surface area contributed by atoms with E-state index in [1.165, 1.54) is 11.1 Å². The summed E-state index contributed by atoms with van der Waals surface area (Å²) < 4.78 is 1.88. The molecule has 0 atom stereocenters. The lowest BCUT2D eigenvalue weighted by molar-refractivity contribution is 0.923. The lowest BCUT2D eigenvalue weighted by Crippen LogP contribution is -1.97. The van der Waals surface area contributed by atoms with Gasteiger partial charge in [-0.05, 0) is 43.0 Å². The fourth-order valence-corrected chi connectivity index (χ4v) is 3.54. The summed E-state index contributed by atoms with van der Waals surface area (Å²) in [6.07, 6.45) is 14.3. The Morgan fingerprint density at radius 1 is 0.923 bits per heavy atom. The molecule has 0 unspecified atom stereocenters. The van der Waals surface area contributed by atoms with Crippen LogP contribution < -0.4 is 0 Å². The van der Waals surface area contributed by atoms with Gasteiger partial charge in [0.2, 0.25) is 0 Å². The van der Waals surface area contributed by atoms with Crippen LogP contribution in [0.1, 0.15) is 25.3 Å². The second-order valence-electron chi connectivity index (χ2n) is 6.75. The topological polar surface area (TPSA) is 43.1 Å². The van der Waals surface area contributed by atoms with Gasteiger partial charge in [-0.1, -0.05) is 35.9 Å². The van der Waals surface area contributed by atoms with Crippen LogP contribution in [0, 0.1) is 0 Å². The van der Waals surface area contributed by atoms with E-state index in [2.05, 4.69) is 41.4 Å². The fraction of sp³-hybridized carbons (Fsp3) is 0.136. The summed E-state index contributed by atoms with van der Waals surface area (Å²) in [6, 6.07) is 10.2. The van der Waals surface area contributed by atoms with Gasteiger partial charge in [-0.25, -0.2) is 9.50 Å². The van der Waals surface area contributed by atoms with E-state index in [0.29, 0.717) is 0 Å². The van der Waals surface area contributed by atoms with Crippen molar-refractivity contribution in [2.45, 2.75) is 19.8 Å². The van der Waals surface area contributed by atoms with Gasteiger partial charge < -0.3 is 0 Å². The monoisotopic (exact) mass is 338 g/mol. The second kappa shape index (κ2) is 5.92. The SMILES string of the molecule is CC1=CC=C(c2cnc3c(-c4ccnc5ccccc45)cnn3c2)CC1. The molecule has 1 aromatic carbocycles. The van der Waals surface area contributed by atoms with Crippen molar-refractivity contribution in [3.05, 3.63) is 78.4 Å². The molecule has 0 saturated carbocycles. The molecule has 4 heteroatoms. The number of para-hydroxylation sites is 1. The standard InChI is InChI=1S/C22H18N4/c1-15-6-8-16(9-7-15)17-12-24-22-20(13-25-26(22)14-17)18-10-11-23-21-5-3-2-4-19(18)21/h2-6,8,10-14H,7,9H2,1H3. The average Bonchev–Trinajstić information content (AvgIpc) is 3.11. The molecule has 0 amide bonds. The van der Waals surface area contributed by atoms with Gasteiger partial charge in [0.05, 0.1) is 11.7 Å². The highest BCUT2D eigenvalue weighted by molar-refractivity contribution is 5.97. The number of aromatic nitrogens is 4. The predicted octanol–water partition coefficient (Wildman–Crippen LogP) is 5.07. The highest BCUT2D eigenvalue weighted by Crippen LogP contribution is 2.31. The summed E-state index contributed by atoms with van der Waals surface area (Å²) in [7, 11) is 0. The van der Waals surface area contributed by atoms with Crippen molar-refractivity contribution in [3.63, 3.8) is 0 Å². The van der Waals surface area contributed by atoms with Crippen molar-refractivity contribution in [1.82, 2.24) is 19.6 Å². The maximum Gasteiger partial charge on any atom is 0.162 e. The number of benzene rings is 1. The molecule has 5 rings (SSSR count).